The van der Waals surface area contributed by atoms with Crippen molar-refractivity contribution in [2.75, 3.05) is 46.0 Å². The fraction of sp³-hybridized carbons (Fsp3) is 0.667. The number of para-hydroxylation sites is 1. The molecule has 1 amide bonds. The maximum atomic E-state index is 13.0. The van der Waals surface area contributed by atoms with Gasteiger partial charge in [0.15, 0.2) is 0 Å². The van der Waals surface area contributed by atoms with Crippen molar-refractivity contribution in [3.8, 4) is 5.75 Å². The van der Waals surface area contributed by atoms with E-state index in [2.05, 4.69) is 4.90 Å². The van der Waals surface area contributed by atoms with Crippen molar-refractivity contribution < 1.29 is 19.4 Å². The number of likely N-dealkylation sites (tertiary alicyclic amines) is 2. The lowest BCUT2D eigenvalue weighted by atomic mass is 9.98. The van der Waals surface area contributed by atoms with Crippen LogP contribution in [0.1, 0.15) is 43.0 Å². The molecular formula is C21H32N2O4. The summed E-state index contributed by atoms with van der Waals surface area (Å²) < 4.78 is 11.1. The molecule has 6 nitrogen and oxygen atoms in total. The highest BCUT2D eigenvalue weighted by Gasteiger charge is 2.30. The Bertz CT molecular complexity index is 602. The number of nitrogens with zero attached hydrogens (tertiary/aromatic N) is 2. The Balaban J connectivity index is 1.54. The summed E-state index contributed by atoms with van der Waals surface area (Å²) in [5.74, 6) is 0.669. The van der Waals surface area contributed by atoms with E-state index in [0.29, 0.717) is 37.2 Å². The van der Waals surface area contributed by atoms with Crippen molar-refractivity contribution in [1.29, 1.82) is 0 Å². The molecule has 0 unspecified atom stereocenters. The second-order valence-corrected chi connectivity index (χ2v) is 7.36. The van der Waals surface area contributed by atoms with Gasteiger partial charge in [-0.05, 0) is 51.3 Å². The number of hydrogen-bond donors (Lipinski definition) is 1. The van der Waals surface area contributed by atoms with Crippen LogP contribution >= 0.6 is 0 Å². The Morgan fingerprint density at radius 2 is 1.93 bits per heavy atom. The van der Waals surface area contributed by atoms with Crippen LogP contribution in [-0.4, -0.2) is 79.0 Å². The molecule has 0 radical (unpaired) electrons. The Kier molecular flexibility index (Phi) is 7.50. The lowest BCUT2D eigenvalue weighted by Crippen LogP contribution is -2.50. The molecule has 2 fully saturated rings. The molecule has 2 aliphatic heterocycles. The normalized spacial score (nSPS) is 22.0. The van der Waals surface area contributed by atoms with Gasteiger partial charge in [0.05, 0.1) is 18.3 Å². The standard InChI is InChI=1S/C21H32N2O4/c1-2-26-14-15-27-20-8-4-3-7-19(20)21(25)22-12-9-17(10-13-22)23-11-5-6-18(24)16-23/h3-4,7-8,17-18,24H,2,5-6,9-16H2,1H3/t18-/m1/s1. The first-order valence-electron chi connectivity index (χ1n) is 10.2. The first-order chi connectivity index (χ1) is 13.2. The van der Waals surface area contributed by atoms with E-state index >= 15 is 0 Å². The minimum Gasteiger partial charge on any atom is -0.490 e. The van der Waals surface area contributed by atoms with Gasteiger partial charge in [-0.3, -0.25) is 9.69 Å². The number of ether oxygens (including phenoxy) is 2. The van der Waals surface area contributed by atoms with E-state index in [9.17, 15) is 9.90 Å². The third-order valence-corrected chi connectivity index (χ3v) is 5.50. The quantitative estimate of drug-likeness (QED) is 0.739. The minimum absolute atomic E-state index is 0.0409. The summed E-state index contributed by atoms with van der Waals surface area (Å²) >= 11 is 0. The first kappa shape index (κ1) is 20.1. The molecule has 0 bridgehead atoms. The molecule has 0 aliphatic carbocycles. The third-order valence-electron chi connectivity index (χ3n) is 5.50. The molecule has 1 aromatic carbocycles. The Morgan fingerprint density at radius 1 is 1.15 bits per heavy atom. The number of β-amino-alcohol motifs (C(OH)–C–C–N with tert-alkyl or cyclic N) is 1. The summed E-state index contributed by atoms with van der Waals surface area (Å²) in [6.07, 6.45) is 3.71. The van der Waals surface area contributed by atoms with Crippen LogP contribution in [0.4, 0.5) is 0 Å². The van der Waals surface area contributed by atoms with Crippen molar-refractivity contribution >= 4 is 5.91 Å². The number of carbonyl (C=O) groups is 1. The molecule has 0 aromatic heterocycles. The predicted molar refractivity (Wildman–Crippen MR) is 104 cm³/mol. The number of hydrogen-bond acceptors (Lipinski definition) is 5. The van der Waals surface area contributed by atoms with Gasteiger partial charge < -0.3 is 19.5 Å². The van der Waals surface area contributed by atoms with Crippen LogP contribution in [0.25, 0.3) is 0 Å². The highest BCUT2D eigenvalue weighted by molar-refractivity contribution is 5.97. The third kappa shape index (κ3) is 5.43. The zero-order chi connectivity index (χ0) is 19.1. The molecular weight excluding hydrogens is 344 g/mol. The summed E-state index contributed by atoms with van der Waals surface area (Å²) in [4.78, 5) is 17.3. The van der Waals surface area contributed by atoms with Gasteiger partial charge in [-0.1, -0.05) is 12.1 Å². The van der Waals surface area contributed by atoms with Gasteiger partial charge in [0, 0.05) is 32.3 Å². The van der Waals surface area contributed by atoms with Gasteiger partial charge in [0.2, 0.25) is 0 Å². The van der Waals surface area contributed by atoms with E-state index in [0.717, 1.165) is 51.9 Å². The maximum absolute atomic E-state index is 13.0. The average molecular weight is 376 g/mol. The van der Waals surface area contributed by atoms with Gasteiger partial charge >= 0.3 is 0 Å². The number of rotatable bonds is 7. The largest absolute Gasteiger partial charge is 0.490 e. The van der Waals surface area contributed by atoms with E-state index in [1.165, 1.54) is 0 Å². The molecule has 0 saturated carbocycles. The van der Waals surface area contributed by atoms with Crippen molar-refractivity contribution in [2.24, 2.45) is 0 Å². The van der Waals surface area contributed by atoms with Crippen molar-refractivity contribution in [3.05, 3.63) is 29.8 Å². The second kappa shape index (κ2) is 10.1. The molecule has 2 aliphatic rings. The summed E-state index contributed by atoms with van der Waals surface area (Å²) in [6.45, 7) is 6.91. The van der Waals surface area contributed by atoms with Gasteiger partial charge in [0.1, 0.15) is 12.4 Å². The van der Waals surface area contributed by atoms with E-state index < -0.39 is 0 Å². The highest BCUT2D eigenvalue weighted by atomic mass is 16.5. The topological polar surface area (TPSA) is 62.2 Å². The van der Waals surface area contributed by atoms with Crippen LogP contribution in [0.5, 0.6) is 5.75 Å². The number of benzene rings is 1. The number of carbonyl (C=O) groups excluding carboxylic acids is 1. The monoisotopic (exact) mass is 376 g/mol. The number of aliphatic hydroxyl groups excluding tert-OH is 1. The van der Waals surface area contributed by atoms with E-state index in [1.54, 1.807) is 0 Å². The molecule has 0 spiro atoms. The van der Waals surface area contributed by atoms with Gasteiger partial charge in [-0.15, -0.1) is 0 Å². The Morgan fingerprint density at radius 3 is 2.67 bits per heavy atom. The van der Waals surface area contributed by atoms with Gasteiger partial charge in [-0.2, -0.15) is 0 Å². The molecule has 1 aromatic rings. The van der Waals surface area contributed by atoms with Crippen molar-refractivity contribution in [3.63, 3.8) is 0 Å². The second-order valence-electron chi connectivity index (χ2n) is 7.36. The lowest BCUT2D eigenvalue weighted by molar-refractivity contribution is 0.0239. The summed E-state index contributed by atoms with van der Waals surface area (Å²) in [6, 6.07) is 7.93. The van der Waals surface area contributed by atoms with Crippen LogP contribution in [0, 0.1) is 0 Å². The SMILES string of the molecule is CCOCCOc1ccccc1C(=O)N1CCC(N2CCC[C@@H](O)C2)CC1. The van der Waals surface area contributed by atoms with Crippen LogP contribution in [0.15, 0.2) is 24.3 Å². The highest BCUT2D eigenvalue weighted by Crippen LogP contribution is 2.25. The van der Waals surface area contributed by atoms with Crippen LogP contribution in [0.2, 0.25) is 0 Å². The minimum atomic E-state index is -0.195. The van der Waals surface area contributed by atoms with Crippen LogP contribution in [-0.2, 0) is 4.74 Å². The maximum Gasteiger partial charge on any atom is 0.257 e. The fourth-order valence-corrected chi connectivity index (χ4v) is 4.04. The van der Waals surface area contributed by atoms with Gasteiger partial charge in [-0.25, -0.2) is 0 Å². The van der Waals surface area contributed by atoms with Gasteiger partial charge in [0.25, 0.3) is 5.91 Å². The molecule has 150 valence electrons. The van der Waals surface area contributed by atoms with Crippen molar-refractivity contribution in [2.45, 2.75) is 44.8 Å². The smallest absolute Gasteiger partial charge is 0.257 e. The first-order valence-corrected chi connectivity index (χ1v) is 10.2. The van der Waals surface area contributed by atoms with Crippen molar-refractivity contribution in [1.82, 2.24) is 9.80 Å². The molecule has 1 atom stereocenters. The van der Waals surface area contributed by atoms with E-state index in [-0.39, 0.29) is 12.0 Å². The number of piperidine rings is 2. The van der Waals surface area contributed by atoms with E-state index in [4.69, 9.17) is 9.47 Å². The lowest BCUT2D eigenvalue weighted by Gasteiger charge is -2.41. The Hall–Kier alpha value is -1.63. The molecule has 27 heavy (non-hydrogen) atoms. The summed E-state index contributed by atoms with van der Waals surface area (Å²) in [5, 5.41) is 9.91. The fourth-order valence-electron chi connectivity index (χ4n) is 4.04. The zero-order valence-corrected chi connectivity index (χ0v) is 16.3. The van der Waals surface area contributed by atoms with Crippen LogP contribution < -0.4 is 4.74 Å². The Labute approximate surface area is 162 Å². The molecule has 2 saturated heterocycles. The molecule has 3 rings (SSSR count). The predicted octanol–water partition coefficient (Wildman–Crippen LogP) is 2.16. The average Bonchev–Trinajstić information content (AvgIpc) is 2.71. The molecule has 6 heteroatoms. The van der Waals surface area contributed by atoms with Crippen LogP contribution in [0.3, 0.4) is 0 Å². The zero-order valence-electron chi connectivity index (χ0n) is 16.3. The number of amides is 1. The summed E-state index contributed by atoms with van der Waals surface area (Å²) in [5.41, 5.74) is 0.626. The molecule has 1 N–H and O–H groups in total. The number of aliphatic hydroxyl groups is 1. The summed E-state index contributed by atoms with van der Waals surface area (Å²) in [7, 11) is 0. The van der Waals surface area contributed by atoms with E-state index in [1.807, 2.05) is 36.1 Å². The molecule has 2 heterocycles.